The van der Waals surface area contributed by atoms with E-state index in [2.05, 4.69) is 69.2 Å². The van der Waals surface area contributed by atoms with Crippen LogP contribution in [0, 0.1) is 0 Å². The third kappa shape index (κ3) is 17.9. The number of nitrogens with two attached hydrogens (primary N) is 1. The summed E-state index contributed by atoms with van der Waals surface area (Å²) in [6, 6.07) is 0. The van der Waals surface area contributed by atoms with Crippen molar-refractivity contribution in [2.45, 2.75) is 137 Å². The van der Waals surface area contributed by atoms with Gasteiger partial charge in [-0.25, -0.2) is 0 Å². The molecule has 0 saturated heterocycles. The zero-order valence-electron chi connectivity index (χ0n) is 22.6. The molecule has 2 atom stereocenters. The lowest BCUT2D eigenvalue weighted by Gasteiger charge is -2.37. The third-order valence-corrected chi connectivity index (χ3v) is 4.73. The molecule has 2 unspecified atom stereocenters. The average molecular weight is 448 g/mol. The van der Waals surface area contributed by atoms with E-state index in [9.17, 15) is 0 Å². The zero-order valence-corrected chi connectivity index (χ0v) is 22.6. The van der Waals surface area contributed by atoms with Crippen molar-refractivity contribution < 1.29 is 23.7 Å². The van der Waals surface area contributed by atoms with E-state index < -0.39 is 5.72 Å². The summed E-state index contributed by atoms with van der Waals surface area (Å²) >= 11 is 0. The van der Waals surface area contributed by atoms with Gasteiger partial charge in [0.1, 0.15) is 5.72 Å². The molecule has 0 spiro atoms. The van der Waals surface area contributed by atoms with Crippen LogP contribution in [0.1, 0.15) is 102 Å². The minimum atomic E-state index is -0.778. The van der Waals surface area contributed by atoms with E-state index >= 15 is 0 Å². The number of hydrogen-bond donors (Lipinski definition) is 1. The Morgan fingerprint density at radius 3 is 1.52 bits per heavy atom. The number of rotatable bonds is 15. The second kappa shape index (κ2) is 12.3. The highest BCUT2D eigenvalue weighted by atomic mass is 16.6. The minimum Gasteiger partial charge on any atom is -0.376 e. The molecule has 0 aromatic rings. The Bertz CT molecular complexity index is 489. The zero-order chi connectivity index (χ0) is 24.6. The average Bonchev–Trinajstić information content (AvgIpc) is 2.48. The van der Waals surface area contributed by atoms with E-state index in [0.29, 0.717) is 32.8 Å². The normalized spacial score (nSPS) is 16.9. The second-order valence-electron chi connectivity index (χ2n) is 11.9. The van der Waals surface area contributed by atoms with Crippen molar-refractivity contribution in [1.82, 2.24) is 0 Å². The van der Waals surface area contributed by atoms with Gasteiger partial charge in [0.2, 0.25) is 0 Å². The molecular formula is C25H53NO5. The van der Waals surface area contributed by atoms with Gasteiger partial charge in [-0.1, -0.05) is 0 Å². The molecule has 2 N–H and O–H groups in total. The fourth-order valence-electron chi connectivity index (χ4n) is 3.08. The van der Waals surface area contributed by atoms with E-state index in [-0.39, 0.29) is 28.5 Å². The van der Waals surface area contributed by atoms with Crippen LogP contribution in [0.2, 0.25) is 0 Å². The maximum atomic E-state index is 6.49. The van der Waals surface area contributed by atoms with E-state index in [1.807, 2.05) is 13.8 Å². The highest BCUT2D eigenvalue weighted by molar-refractivity contribution is 4.80. The number of hydrogen-bond acceptors (Lipinski definition) is 6. The lowest BCUT2D eigenvalue weighted by molar-refractivity contribution is -0.166. The molecule has 0 aliphatic heterocycles. The Hall–Kier alpha value is -0.240. The van der Waals surface area contributed by atoms with Crippen molar-refractivity contribution in [2.75, 3.05) is 26.4 Å². The van der Waals surface area contributed by atoms with Gasteiger partial charge in [0, 0.05) is 26.2 Å². The molecule has 0 aromatic carbocycles. The molecule has 6 heteroatoms. The van der Waals surface area contributed by atoms with E-state index in [4.69, 9.17) is 29.4 Å². The molecule has 0 fully saturated rings. The van der Waals surface area contributed by atoms with Crippen LogP contribution in [0.15, 0.2) is 0 Å². The molecule has 0 rings (SSSR count). The van der Waals surface area contributed by atoms with Crippen LogP contribution in [0.25, 0.3) is 0 Å². The van der Waals surface area contributed by atoms with Crippen LogP contribution in [-0.2, 0) is 23.7 Å². The van der Waals surface area contributed by atoms with Gasteiger partial charge in [0.25, 0.3) is 0 Å². The van der Waals surface area contributed by atoms with E-state index in [1.54, 1.807) is 0 Å². The first-order chi connectivity index (χ1) is 13.8. The summed E-state index contributed by atoms with van der Waals surface area (Å²) < 4.78 is 30.3. The van der Waals surface area contributed by atoms with Crippen molar-refractivity contribution in [1.29, 1.82) is 0 Å². The van der Waals surface area contributed by atoms with Crippen LogP contribution in [-0.4, -0.2) is 60.7 Å². The fraction of sp³-hybridized carbons (Fsp3) is 1.00. The first-order valence-corrected chi connectivity index (χ1v) is 11.8. The molecule has 0 amide bonds. The van der Waals surface area contributed by atoms with Gasteiger partial charge in [-0.05, 0) is 95.9 Å². The summed E-state index contributed by atoms with van der Waals surface area (Å²) in [6.45, 7) is 26.8. The van der Waals surface area contributed by atoms with Gasteiger partial charge < -0.3 is 29.4 Å². The molecule has 0 aromatic heterocycles. The summed E-state index contributed by atoms with van der Waals surface area (Å²) in [6.07, 6.45) is 1.91. The van der Waals surface area contributed by atoms with Crippen molar-refractivity contribution in [3.63, 3.8) is 0 Å². The quantitative estimate of drug-likeness (QED) is 0.336. The summed E-state index contributed by atoms with van der Waals surface area (Å²) in [5.41, 5.74) is 4.57. The molecule has 0 aliphatic carbocycles. The maximum Gasteiger partial charge on any atom is 0.116 e. The lowest BCUT2D eigenvalue weighted by atomic mass is 10.0. The third-order valence-electron chi connectivity index (χ3n) is 4.73. The molecule has 0 saturated carbocycles. The Morgan fingerprint density at radius 2 is 1.10 bits per heavy atom. The summed E-state index contributed by atoms with van der Waals surface area (Å²) in [4.78, 5) is 0. The molecule has 188 valence electrons. The van der Waals surface area contributed by atoms with Crippen molar-refractivity contribution >= 4 is 0 Å². The van der Waals surface area contributed by atoms with Gasteiger partial charge in [-0.3, -0.25) is 0 Å². The first-order valence-electron chi connectivity index (χ1n) is 11.8. The topological polar surface area (TPSA) is 72.2 Å². The van der Waals surface area contributed by atoms with Gasteiger partial charge in [0.15, 0.2) is 0 Å². The molecule has 0 radical (unpaired) electrons. The Morgan fingerprint density at radius 1 is 0.645 bits per heavy atom. The minimum absolute atomic E-state index is 0.153. The molecule has 6 nitrogen and oxygen atoms in total. The van der Waals surface area contributed by atoms with Gasteiger partial charge >= 0.3 is 0 Å². The lowest BCUT2D eigenvalue weighted by Crippen LogP contribution is -2.47. The van der Waals surface area contributed by atoms with Crippen LogP contribution in [0.3, 0.4) is 0 Å². The Kier molecular flexibility index (Phi) is 12.2. The Balaban J connectivity index is 5.00. The predicted octanol–water partition coefficient (Wildman–Crippen LogP) is 5.46. The van der Waals surface area contributed by atoms with Crippen LogP contribution in [0.5, 0.6) is 0 Å². The van der Waals surface area contributed by atoms with Gasteiger partial charge in [0.05, 0.1) is 35.1 Å². The van der Waals surface area contributed by atoms with Crippen LogP contribution in [0.4, 0.5) is 0 Å². The fourth-order valence-corrected chi connectivity index (χ4v) is 3.08. The highest BCUT2D eigenvalue weighted by Gasteiger charge is 2.32. The SMILES string of the molecule is CCOC(C)(N)CC(COC(C)(C)CCOC(C)(C)C)OC(C)(C)CCOC(C)(C)C. The standard InChI is InChI=1S/C25H53NO5/c1-13-27-25(12,26)18-20(31-24(10,11)15-17-29-22(5,6)7)19-30-23(8,9)14-16-28-21(2,3)4/h20H,13-19,26H2,1-12H3. The first kappa shape index (κ1) is 30.8. The van der Waals surface area contributed by atoms with Gasteiger partial charge in [-0.2, -0.15) is 0 Å². The molecule has 0 aliphatic rings. The Labute approximate surface area is 192 Å². The largest absolute Gasteiger partial charge is 0.376 e. The maximum absolute atomic E-state index is 6.49. The van der Waals surface area contributed by atoms with E-state index in [0.717, 1.165) is 12.8 Å². The van der Waals surface area contributed by atoms with Crippen LogP contribution >= 0.6 is 0 Å². The van der Waals surface area contributed by atoms with E-state index in [1.165, 1.54) is 0 Å². The molecule has 0 heterocycles. The molecule has 0 bridgehead atoms. The van der Waals surface area contributed by atoms with Gasteiger partial charge in [-0.15, -0.1) is 0 Å². The molecule has 31 heavy (non-hydrogen) atoms. The summed E-state index contributed by atoms with van der Waals surface area (Å²) in [5.74, 6) is 0. The van der Waals surface area contributed by atoms with Crippen molar-refractivity contribution in [3.8, 4) is 0 Å². The summed E-state index contributed by atoms with van der Waals surface area (Å²) in [5, 5.41) is 0. The monoisotopic (exact) mass is 447 g/mol. The smallest absolute Gasteiger partial charge is 0.116 e. The second-order valence-corrected chi connectivity index (χ2v) is 11.9. The van der Waals surface area contributed by atoms with Crippen molar-refractivity contribution in [2.24, 2.45) is 5.73 Å². The van der Waals surface area contributed by atoms with Crippen molar-refractivity contribution in [3.05, 3.63) is 0 Å². The summed E-state index contributed by atoms with van der Waals surface area (Å²) in [7, 11) is 0. The highest BCUT2D eigenvalue weighted by Crippen LogP contribution is 2.25. The predicted molar refractivity (Wildman–Crippen MR) is 128 cm³/mol. The number of ether oxygens (including phenoxy) is 5. The van der Waals surface area contributed by atoms with Crippen LogP contribution < -0.4 is 5.73 Å². The molecular weight excluding hydrogens is 394 g/mol.